The van der Waals surface area contributed by atoms with Crippen LogP contribution in [0, 0.1) is 0 Å². The molecule has 0 saturated heterocycles. The van der Waals surface area contributed by atoms with Crippen molar-refractivity contribution >= 4 is 43.5 Å². The Hall–Kier alpha value is 0.270. The highest BCUT2D eigenvalue weighted by atomic mass is 79.9. The summed E-state index contributed by atoms with van der Waals surface area (Å²) in [5.41, 5.74) is 0. The zero-order valence-electron chi connectivity index (χ0n) is 11.1. The van der Waals surface area contributed by atoms with Gasteiger partial charge in [0.05, 0.1) is 11.1 Å². The van der Waals surface area contributed by atoms with Crippen molar-refractivity contribution in [2.75, 3.05) is 11.9 Å². The van der Waals surface area contributed by atoms with E-state index >= 15 is 0 Å². The Kier molecular flexibility index (Phi) is 10.0. The largest absolute Gasteiger partial charge is 0.492 e. The van der Waals surface area contributed by atoms with Crippen molar-refractivity contribution in [1.29, 1.82) is 0 Å². The first kappa shape index (κ1) is 17.3. The van der Waals surface area contributed by atoms with Crippen LogP contribution in [-0.4, -0.2) is 11.9 Å². The zero-order valence-corrected chi connectivity index (χ0v) is 15.1. The Balaban J connectivity index is 2.01. The minimum absolute atomic E-state index is 0.725. The predicted molar refractivity (Wildman–Crippen MR) is 90.8 cm³/mol. The molecule has 0 aromatic heterocycles. The molecule has 1 aromatic carbocycles. The highest BCUT2D eigenvalue weighted by Crippen LogP contribution is 2.28. The number of hydrogen-bond donors (Lipinski definition) is 0. The lowest BCUT2D eigenvalue weighted by molar-refractivity contribution is 0.302. The van der Waals surface area contributed by atoms with Crippen LogP contribution in [0.25, 0.3) is 0 Å². The number of hydrogen-bond acceptors (Lipinski definition) is 1. The fraction of sp³-hybridized carbons (Fsp3) is 0.600. The van der Waals surface area contributed by atoms with Crippen LogP contribution in [0.2, 0.25) is 5.02 Å². The van der Waals surface area contributed by atoms with Crippen molar-refractivity contribution in [2.45, 2.75) is 44.9 Å². The smallest absolute Gasteiger partial charge is 0.133 e. The number of halogens is 3. The van der Waals surface area contributed by atoms with Crippen LogP contribution in [0.1, 0.15) is 44.9 Å². The van der Waals surface area contributed by atoms with Gasteiger partial charge in [0.15, 0.2) is 0 Å². The van der Waals surface area contributed by atoms with E-state index in [9.17, 15) is 0 Å². The SMILES string of the molecule is Clc1ccc(OCCCCCCCCCBr)c(Br)c1. The highest BCUT2D eigenvalue weighted by molar-refractivity contribution is 9.10. The molecule has 0 amide bonds. The lowest BCUT2D eigenvalue weighted by atomic mass is 10.1. The molecule has 0 aliphatic heterocycles. The number of benzene rings is 1. The summed E-state index contributed by atoms with van der Waals surface area (Å²) < 4.78 is 6.65. The van der Waals surface area contributed by atoms with Gasteiger partial charge in [-0.15, -0.1) is 0 Å². The zero-order chi connectivity index (χ0) is 13.9. The Bertz CT molecular complexity index is 358. The minimum atomic E-state index is 0.725. The second kappa shape index (κ2) is 11.0. The van der Waals surface area contributed by atoms with Crippen molar-refractivity contribution in [1.82, 2.24) is 0 Å². The summed E-state index contributed by atoms with van der Waals surface area (Å²) in [5.74, 6) is 0.877. The second-order valence-corrected chi connectivity index (χ2v) is 6.67. The molecule has 1 aromatic rings. The normalized spacial score (nSPS) is 10.7. The van der Waals surface area contributed by atoms with Crippen molar-refractivity contribution in [3.05, 3.63) is 27.7 Å². The Morgan fingerprint density at radius 2 is 1.58 bits per heavy atom. The van der Waals surface area contributed by atoms with E-state index in [1.165, 1.54) is 38.5 Å². The highest BCUT2D eigenvalue weighted by Gasteiger charge is 2.01. The Morgan fingerprint density at radius 3 is 2.21 bits per heavy atom. The molecular weight excluding hydrogens is 391 g/mol. The van der Waals surface area contributed by atoms with Crippen molar-refractivity contribution in [3.8, 4) is 5.75 Å². The quantitative estimate of drug-likeness (QED) is 0.310. The van der Waals surface area contributed by atoms with E-state index in [2.05, 4.69) is 31.9 Å². The fourth-order valence-corrected chi connectivity index (χ4v) is 3.05. The second-order valence-electron chi connectivity index (χ2n) is 4.59. The van der Waals surface area contributed by atoms with Crippen LogP contribution < -0.4 is 4.74 Å². The van der Waals surface area contributed by atoms with Gasteiger partial charge in [0, 0.05) is 10.4 Å². The maximum atomic E-state index is 5.88. The molecule has 0 radical (unpaired) electrons. The summed E-state index contributed by atoms with van der Waals surface area (Å²) in [6.45, 7) is 0.779. The first-order valence-corrected chi connectivity index (χ1v) is 9.17. The van der Waals surface area contributed by atoms with E-state index < -0.39 is 0 Å². The molecule has 0 fully saturated rings. The van der Waals surface area contributed by atoms with Gasteiger partial charge in [0.25, 0.3) is 0 Å². The molecule has 4 heteroatoms. The third-order valence-electron chi connectivity index (χ3n) is 2.93. The number of unbranched alkanes of at least 4 members (excludes halogenated alkanes) is 6. The molecule has 0 heterocycles. The topological polar surface area (TPSA) is 9.23 Å². The van der Waals surface area contributed by atoms with Gasteiger partial charge in [-0.1, -0.05) is 59.6 Å². The summed E-state index contributed by atoms with van der Waals surface area (Å²) in [7, 11) is 0. The lowest BCUT2D eigenvalue weighted by Crippen LogP contribution is -1.97. The van der Waals surface area contributed by atoms with E-state index in [-0.39, 0.29) is 0 Å². The molecule has 19 heavy (non-hydrogen) atoms. The molecule has 0 aliphatic carbocycles. The maximum Gasteiger partial charge on any atom is 0.133 e. The third-order valence-corrected chi connectivity index (χ3v) is 4.34. The molecule has 0 bridgehead atoms. The molecule has 0 aliphatic rings. The predicted octanol–water partition coefficient (Wildman–Crippen LogP) is 6.61. The molecule has 1 rings (SSSR count). The van der Waals surface area contributed by atoms with Gasteiger partial charge in [-0.2, -0.15) is 0 Å². The average Bonchev–Trinajstić information content (AvgIpc) is 2.39. The first-order chi connectivity index (χ1) is 9.24. The van der Waals surface area contributed by atoms with E-state index in [1.807, 2.05) is 18.2 Å². The molecule has 0 saturated carbocycles. The summed E-state index contributed by atoms with van der Waals surface area (Å²) in [6.07, 6.45) is 9.03. The van der Waals surface area contributed by atoms with Gasteiger partial charge in [0.1, 0.15) is 5.75 Å². The van der Waals surface area contributed by atoms with E-state index in [0.717, 1.165) is 33.6 Å². The molecule has 0 N–H and O–H groups in total. The average molecular weight is 413 g/mol. The number of ether oxygens (including phenoxy) is 1. The van der Waals surface area contributed by atoms with Crippen molar-refractivity contribution < 1.29 is 4.74 Å². The van der Waals surface area contributed by atoms with E-state index in [4.69, 9.17) is 16.3 Å². The fourth-order valence-electron chi connectivity index (χ4n) is 1.85. The summed E-state index contributed by atoms with van der Waals surface area (Å²) in [6, 6.07) is 5.62. The van der Waals surface area contributed by atoms with Crippen molar-refractivity contribution in [3.63, 3.8) is 0 Å². The molecular formula is C15H21Br2ClO. The number of rotatable bonds is 10. The molecule has 1 nitrogen and oxygen atoms in total. The first-order valence-electron chi connectivity index (χ1n) is 6.88. The molecule has 108 valence electrons. The molecule has 0 spiro atoms. The monoisotopic (exact) mass is 410 g/mol. The minimum Gasteiger partial charge on any atom is -0.492 e. The summed E-state index contributed by atoms with van der Waals surface area (Å²) >= 11 is 12.8. The van der Waals surface area contributed by atoms with Crippen LogP contribution in [0.4, 0.5) is 0 Å². The Morgan fingerprint density at radius 1 is 0.947 bits per heavy atom. The van der Waals surface area contributed by atoms with Gasteiger partial charge in [-0.25, -0.2) is 0 Å². The standard InChI is InChI=1S/C15H21Br2ClO/c16-10-6-4-2-1-3-5-7-11-19-15-9-8-13(18)12-14(15)17/h8-9,12H,1-7,10-11H2. The van der Waals surface area contributed by atoms with E-state index in [1.54, 1.807) is 0 Å². The Labute approximate surface area is 138 Å². The van der Waals surface area contributed by atoms with Crippen LogP contribution in [0.3, 0.4) is 0 Å². The molecule has 0 atom stereocenters. The third kappa shape index (κ3) is 8.21. The van der Waals surface area contributed by atoms with Gasteiger partial charge >= 0.3 is 0 Å². The van der Waals surface area contributed by atoms with Crippen LogP contribution >= 0.6 is 43.5 Å². The maximum absolute atomic E-state index is 5.88. The van der Waals surface area contributed by atoms with Gasteiger partial charge in [-0.3, -0.25) is 0 Å². The van der Waals surface area contributed by atoms with Crippen molar-refractivity contribution in [2.24, 2.45) is 0 Å². The van der Waals surface area contributed by atoms with Crippen LogP contribution in [0.5, 0.6) is 5.75 Å². The van der Waals surface area contributed by atoms with Gasteiger partial charge < -0.3 is 4.74 Å². The van der Waals surface area contributed by atoms with Gasteiger partial charge in [0.2, 0.25) is 0 Å². The van der Waals surface area contributed by atoms with Crippen LogP contribution in [0.15, 0.2) is 22.7 Å². The van der Waals surface area contributed by atoms with Gasteiger partial charge in [-0.05, 0) is 47.0 Å². The number of alkyl halides is 1. The lowest BCUT2D eigenvalue weighted by Gasteiger charge is -2.08. The summed E-state index contributed by atoms with van der Waals surface area (Å²) in [5, 5.41) is 1.86. The molecule has 0 unspecified atom stereocenters. The van der Waals surface area contributed by atoms with E-state index in [0.29, 0.717) is 0 Å². The van der Waals surface area contributed by atoms with Crippen LogP contribution in [-0.2, 0) is 0 Å². The summed E-state index contributed by atoms with van der Waals surface area (Å²) in [4.78, 5) is 0.